The maximum absolute atomic E-state index is 12.1. The summed E-state index contributed by atoms with van der Waals surface area (Å²) in [7, 11) is 1.40. The van der Waals surface area contributed by atoms with Gasteiger partial charge in [-0.15, -0.1) is 0 Å². The largest absolute Gasteiger partial charge is 0.467 e. The molecule has 0 aromatic heterocycles. The van der Waals surface area contributed by atoms with Gasteiger partial charge in [-0.25, -0.2) is 4.79 Å². The van der Waals surface area contributed by atoms with Crippen LogP contribution in [0.5, 0.6) is 0 Å². The summed E-state index contributed by atoms with van der Waals surface area (Å²) in [5.74, 6) is -0.262. The smallest absolute Gasteiger partial charge is 0.331 e. The molecule has 19 heavy (non-hydrogen) atoms. The van der Waals surface area contributed by atoms with Gasteiger partial charge in [-0.2, -0.15) is 0 Å². The lowest BCUT2D eigenvalue weighted by atomic mass is 9.89. The second kappa shape index (κ2) is 6.11. The SMILES string of the molecule is COC(=O)C1(Nc2ccc(Cl)c(Br)c2)CCOCC1. The molecule has 0 aliphatic carbocycles. The minimum absolute atomic E-state index is 0.262. The molecular formula is C13H15BrClNO3. The molecule has 0 atom stereocenters. The second-order valence-corrected chi connectivity index (χ2v) is 5.70. The first-order chi connectivity index (χ1) is 9.07. The molecule has 1 saturated heterocycles. The maximum Gasteiger partial charge on any atom is 0.331 e. The van der Waals surface area contributed by atoms with Gasteiger partial charge in [0.2, 0.25) is 0 Å². The summed E-state index contributed by atoms with van der Waals surface area (Å²) in [6, 6.07) is 5.47. The number of carbonyl (C=O) groups excluding carboxylic acids is 1. The van der Waals surface area contributed by atoms with Gasteiger partial charge < -0.3 is 14.8 Å². The van der Waals surface area contributed by atoms with E-state index in [1.165, 1.54) is 7.11 Å². The number of anilines is 1. The van der Waals surface area contributed by atoms with Crippen LogP contribution in [0.25, 0.3) is 0 Å². The van der Waals surface area contributed by atoms with Gasteiger partial charge in [-0.1, -0.05) is 11.6 Å². The molecule has 1 N–H and O–H groups in total. The van der Waals surface area contributed by atoms with Crippen LogP contribution in [0.2, 0.25) is 5.02 Å². The molecule has 0 radical (unpaired) electrons. The fourth-order valence-corrected chi connectivity index (χ4v) is 2.64. The summed E-state index contributed by atoms with van der Waals surface area (Å²) < 4.78 is 11.0. The molecule has 4 nitrogen and oxygen atoms in total. The lowest BCUT2D eigenvalue weighted by Crippen LogP contribution is -2.51. The van der Waals surface area contributed by atoms with Crippen molar-refractivity contribution in [1.29, 1.82) is 0 Å². The molecule has 1 heterocycles. The Labute approximate surface area is 125 Å². The Hall–Kier alpha value is -0.780. The second-order valence-electron chi connectivity index (χ2n) is 4.44. The minimum Gasteiger partial charge on any atom is -0.467 e. The highest BCUT2D eigenvalue weighted by atomic mass is 79.9. The first kappa shape index (κ1) is 14.6. The predicted molar refractivity (Wildman–Crippen MR) is 77.6 cm³/mol. The average Bonchev–Trinajstić information content (AvgIpc) is 2.43. The number of ether oxygens (including phenoxy) is 2. The molecule has 104 valence electrons. The van der Waals surface area contributed by atoms with E-state index in [0.717, 1.165) is 10.2 Å². The molecule has 0 saturated carbocycles. The number of methoxy groups -OCH3 is 1. The van der Waals surface area contributed by atoms with E-state index in [1.807, 2.05) is 12.1 Å². The van der Waals surface area contributed by atoms with Gasteiger partial charge in [-0.3, -0.25) is 0 Å². The first-order valence-corrected chi connectivity index (χ1v) is 7.14. The van der Waals surface area contributed by atoms with Crippen LogP contribution >= 0.6 is 27.5 Å². The van der Waals surface area contributed by atoms with Crippen LogP contribution < -0.4 is 5.32 Å². The van der Waals surface area contributed by atoms with Gasteiger partial charge in [0.1, 0.15) is 5.54 Å². The number of halogens is 2. The molecule has 0 unspecified atom stereocenters. The normalized spacial score (nSPS) is 17.8. The van der Waals surface area contributed by atoms with E-state index in [4.69, 9.17) is 21.1 Å². The molecule has 0 spiro atoms. The molecular weight excluding hydrogens is 334 g/mol. The number of esters is 1. The van der Waals surface area contributed by atoms with Crippen LogP contribution in [0.3, 0.4) is 0 Å². The highest BCUT2D eigenvalue weighted by molar-refractivity contribution is 9.10. The predicted octanol–water partition coefficient (Wildman–Crippen LogP) is 3.24. The number of benzene rings is 1. The van der Waals surface area contributed by atoms with Crippen molar-refractivity contribution < 1.29 is 14.3 Å². The van der Waals surface area contributed by atoms with Crippen molar-refractivity contribution in [3.63, 3.8) is 0 Å². The van der Waals surface area contributed by atoms with Crippen molar-refractivity contribution in [2.75, 3.05) is 25.6 Å². The zero-order chi connectivity index (χ0) is 13.9. The number of nitrogens with one attached hydrogen (secondary N) is 1. The van der Waals surface area contributed by atoms with E-state index in [2.05, 4.69) is 21.2 Å². The Kier molecular flexibility index (Phi) is 4.71. The fourth-order valence-electron chi connectivity index (χ4n) is 2.15. The van der Waals surface area contributed by atoms with Gasteiger partial charge in [0.25, 0.3) is 0 Å². The van der Waals surface area contributed by atoms with Gasteiger partial charge in [0, 0.05) is 36.2 Å². The van der Waals surface area contributed by atoms with Crippen molar-refractivity contribution >= 4 is 39.2 Å². The summed E-state index contributed by atoms with van der Waals surface area (Å²) in [6.45, 7) is 1.08. The molecule has 1 aliphatic rings. The van der Waals surface area contributed by atoms with E-state index in [-0.39, 0.29) is 5.97 Å². The zero-order valence-corrected chi connectivity index (χ0v) is 12.9. The van der Waals surface area contributed by atoms with E-state index < -0.39 is 5.54 Å². The van der Waals surface area contributed by atoms with E-state index in [1.54, 1.807) is 6.07 Å². The zero-order valence-electron chi connectivity index (χ0n) is 10.5. The van der Waals surface area contributed by atoms with E-state index >= 15 is 0 Å². The maximum atomic E-state index is 12.1. The monoisotopic (exact) mass is 347 g/mol. The van der Waals surface area contributed by atoms with Gasteiger partial charge in [0.05, 0.1) is 12.1 Å². The summed E-state index contributed by atoms with van der Waals surface area (Å²) in [5, 5.41) is 3.90. The average molecular weight is 349 g/mol. The number of carbonyl (C=O) groups is 1. The first-order valence-electron chi connectivity index (χ1n) is 5.97. The third-order valence-electron chi connectivity index (χ3n) is 3.23. The molecule has 1 aromatic carbocycles. The van der Waals surface area contributed by atoms with E-state index in [9.17, 15) is 4.79 Å². The molecule has 0 amide bonds. The fraction of sp³-hybridized carbons (Fsp3) is 0.462. The minimum atomic E-state index is -0.722. The Morgan fingerprint density at radius 1 is 1.47 bits per heavy atom. The Balaban J connectivity index is 2.24. The number of hydrogen-bond donors (Lipinski definition) is 1. The van der Waals surface area contributed by atoms with E-state index in [0.29, 0.717) is 31.1 Å². The van der Waals surface area contributed by atoms with Crippen LogP contribution in [0, 0.1) is 0 Å². The lowest BCUT2D eigenvalue weighted by molar-refractivity contribution is -0.149. The molecule has 1 aliphatic heterocycles. The third kappa shape index (κ3) is 3.22. The van der Waals surface area contributed by atoms with Crippen molar-refractivity contribution in [2.24, 2.45) is 0 Å². The van der Waals surface area contributed by atoms with Crippen molar-refractivity contribution in [2.45, 2.75) is 18.4 Å². The highest BCUT2D eigenvalue weighted by Crippen LogP contribution is 2.31. The summed E-state index contributed by atoms with van der Waals surface area (Å²) in [4.78, 5) is 12.1. The Bertz CT molecular complexity index is 475. The topological polar surface area (TPSA) is 47.6 Å². The number of rotatable bonds is 3. The Morgan fingerprint density at radius 3 is 2.74 bits per heavy atom. The summed E-state index contributed by atoms with van der Waals surface area (Å²) in [6.07, 6.45) is 1.17. The lowest BCUT2D eigenvalue weighted by Gasteiger charge is -2.36. The van der Waals surface area contributed by atoms with Crippen LogP contribution in [0.1, 0.15) is 12.8 Å². The van der Waals surface area contributed by atoms with Crippen molar-refractivity contribution in [3.8, 4) is 0 Å². The Morgan fingerprint density at radius 2 is 2.16 bits per heavy atom. The molecule has 2 rings (SSSR count). The van der Waals surface area contributed by atoms with Crippen molar-refractivity contribution in [1.82, 2.24) is 0 Å². The van der Waals surface area contributed by atoms with Crippen LogP contribution in [0.15, 0.2) is 22.7 Å². The number of hydrogen-bond acceptors (Lipinski definition) is 4. The van der Waals surface area contributed by atoms with Crippen molar-refractivity contribution in [3.05, 3.63) is 27.7 Å². The molecule has 1 aromatic rings. The van der Waals surface area contributed by atoms with Crippen LogP contribution in [-0.4, -0.2) is 31.8 Å². The van der Waals surface area contributed by atoms with Gasteiger partial charge >= 0.3 is 5.97 Å². The molecule has 1 fully saturated rings. The van der Waals surface area contributed by atoms with Crippen LogP contribution in [-0.2, 0) is 14.3 Å². The summed E-state index contributed by atoms with van der Waals surface area (Å²) in [5.41, 5.74) is 0.101. The molecule has 0 bridgehead atoms. The standard InChI is InChI=1S/C13H15BrClNO3/c1-18-12(17)13(4-6-19-7-5-13)16-9-2-3-11(15)10(14)8-9/h2-3,8,16H,4-7H2,1H3. The highest BCUT2D eigenvalue weighted by Gasteiger charge is 2.41. The van der Waals surface area contributed by atoms with Gasteiger partial charge in [0.15, 0.2) is 0 Å². The molecule has 6 heteroatoms. The van der Waals surface area contributed by atoms with Gasteiger partial charge in [-0.05, 0) is 34.1 Å². The quantitative estimate of drug-likeness (QED) is 0.852. The van der Waals surface area contributed by atoms with Crippen LogP contribution in [0.4, 0.5) is 5.69 Å². The summed E-state index contributed by atoms with van der Waals surface area (Å²) >= 11 is 9.33. The third-order valence-corrected chi connectivity index (χ3v) is 4.44.